The highest BCUT2D eigenvalue weighted by atomic mass is 32.2. The molecule has 2 aromatic carbocycles. The molecule has 2 amide bonds. The Bertz CT molecular complexity index is 1030. The Hall–Kier alpha value is -3.00. The molecule has 0 aliphatic carbocycles. The van der Waals surface area contributed by atoms with Gasteiger partial charge in [-0.3, -0.25) is 14.4 Å². The molecule has 2 N–H and O–H groups in total. The SMILES string of the molecule is CC(C)CC1NC(=O)C(C(=O)Nc2ccc(S(=O)(=O)c3ccccc3)cc2)C1=O. The van der Waals surface area contributed by atoms with E-state index in [0.29, 0.717) is 12.1 Å². The van der Waals surface area contributed by atoms with E-state index >= 15 is 0 Å². The van der Waals surface area contributed by atoms with Crippen molar-refractivity contribution in [2.24, 2.45) is 11.8 Å². The van der Waals surface area contributed by atoms with E-state index in [4.69, 9.17) is 0 Å². The second kappa shape index (κ2) is 8.16. The highest BCUT2D eigenvalue weighted by molar-refractivity contribution is 7.91. The highest BCUT2D eigenvalue weighted by Gasteiger charge is 2.45. The molecule has 0 saturated carbocycles. The first-order valence-electron chi connectivity index (χ1n) is 9.25. The van der Waals surface area contributed by atoms with Crippen LogP contribution in [0.3, 0.4) is 0 Å². The average Bonchev–Trinajstić information content (AvgIpc) is 2.95. The summed E-state index contributed by atoms with van der Waals surface area (Å²) in [6.45, 7) is 3.86. The van der Waals surface area contributed by atoms with Gasteiger partial charge in [0.15, 0.2) is 11.7 Å². The largest absolute Gasteiger partial charge is 0.345 e. The van der Waals surface area contributed by atoms with E-state index in [1.807, 2.05) is 13.8 Å². The van der Waals surface area contributed by atoms with Crippen molar-refractivity contribution in [2.45, 2.75) is 36.1 Å². The Morgan fingerprint density at radius 3 is 2.17 bits per heavy atom. The van der Waals surface area contributed by atoms with Crippen molar-refractivity contribution < 1.29 is 22.8 Å². The maximum atomic E-state index is 12.6. The summed E-state index contributed by atoms with van der Waals surface area (Å²) >= 11 is 0. The summed E-state index contributed by atoms with van der Waals surface area (Å²) < 4.78 is 25.2. The number of rotatable bonds is 6. The molecule has 1 saturated heterocycles. The lowest BCUT2D eigenvalue weighted by atomic mass is 9.96. The molecule has 0 spiro atoms. The lowest BCUT2D eigenvalue weighted by Gasteiger charge is -2.11. The summed E-state index contributed by atoms with van der Waals surface area (Å²) in [6, 6.07) is 12.9. The molecule has 0 radical (unpaired) electrons. The van der Waals surface area contributed by atoms with E-state index in [1.54, 1.807) is 18.2 Å². The maximum absolute atomic E-state index is 12.6. The van der Waals surface area contributed by atoms with Crippen molar-refractivity contribution in [1.29, 1.82) is 0 Å². The van der Waals surface area contributed by atoms with Gasteiger partial charge in [0.05, 0.1) is 15.8 Å². The molecule has 1 aliphatic rings. The molecule has 2 unspecified atom stereocenters. The average molecular weight is 414 g/mol. The van der Waals surface area contributed by atoms with Gasteiger partial charge in [-0.15, -0.1) is 0 Å². The highest BCUT2D eigenvalue weighted by Crippen LogP contribution is 2.23. The molecular formula is C21H22N2O5S. The summed E-state index contributed by atoms with van der Waals surface area (Å²) in [5, 5.41) is 5.09. The minimum Gasteiger partial charge on any atom is -0.345 e. The summed E-state index contributed by atoms with van der Waals surface area (Å²) in [5.41, 5.74) is 0.301. The fourth-order valence-electron chi connectivity index (χ4n) is 3.22. The molecule has 2 aromatic rings. The molecule has 1 fully saturated rings. The number of hydrogen-bond donors (Lipinski definition) is 2. The van der Waals surface area contributed by atoms with E-state index < -0.39 is 39.4 Å². The zero-order valence-corrected chi connectivity index (χ0v) is 16.9. The van der Waals surface area contributed by atoms with Crippen molar-refractivity contribution in [2.75, 3.05) is 5.32 Å². The Morgan fingerprint density at radius 1 is 1.00 bits per heavy atom. The van der Waals surface area contributed by atoms with Gasteiger partial charge in [-0.25, -0.2) is 8.42 Å². The van der Waals surface area contributed by atoms with Crippen LogP contribution in [0.1, 0.15) is 20.3 Å². The minimum absolute atomic E-state index is 0.0772. The first-order chi connectivity index (χ1) is 13.7. The molecule has 1 heterocycles. The number of anilines is 1. The minimum atomic E-state index is -3.67. The van der Waals surface area contributed by atoms with Gasteiger partial charge in [0.2, 0.25) is 21.7 Å². The second-order valence-corrected chi connectivity index (χ2v) is 9.31. The number of ketones is 1. The molecule has 152 valence electrons. The molecule has 8 heteroatoms. The van der Waals surface area contributed by atoms with Crippen molar-refractivity contribution >= 4 is 33.1 Å². The lowest BCUT2D eigenvalue weighted by molar-refractivity contribution is -0.135. The molecule has 7 nitrogen and oxygen atoms in total. The predicted molar refractivity (Wildman–Crippen MR) is 107 cm³/mol. The Morgan fingerprint density at radius 2 is 1.59 bits per heavy atom. The summed E-state index contributed by atoms with van der Waals surface area (Å²) in [6.07, 6.45) is 0.473. The van der Waals surface area contributed by atoms with Crippen molar-refractivity contribution in [1.82, 2.24) is 5.32 Å². The number of amides is 2. The molecule has 0 aromatic heterocycles. The van der Waals surface area contributed by atoms with Gasteiger partial charge in [0.1, 0.15) is 0 Å². The zero-order chi connectivity index (χ0) is 21.2. The van der Waals surface area contributed by atoms with Crippen LogP contribution in [0.15, 0.2) is 64.4 Å². The topological polar surface area (TPSA) is 109 Å². The van der Waals surface area contributed by atoms with Crippen molar-refractivity contribution in [3.63, 3.8) is 0 Å². The third-order valence-electron chi connectivity index (χ3n) is 4.66. The number of carbonyl (C=O) groups is 3. The fourth-order valence-corrected chi connectivity index (χ4v) is 4.50. The summed E-state index contributed by atoms with van der Waals surface area (Å²) in [7, 11) is -3.67. The van der Waals surface area contributed by atoms with Crippen LogP contribution in [-0.4, -0.2) is 32.1 Å². The molecule has 1 aliphatic heterocycles. The number of nitrogens with one attached hydrogen (secondary N) is 2. The summed E-state index contributed by atoms with van der Waals surface area (Å²) in [4.78, 5) is 37.2. The van der Waals surface area contributed by atoms with Crippen LogP contribution in [0.25, 0.3) is 0 Å². The quantitative estimate of drug-likeness (QED) is 0.704. The van der Waals surface area contributed by atoms with Gasteiger partial charge in [0.25, 0.3) is 0 Å². The van der Waals surface area contributed by atoms with Gasteiger partial charge < -0.3 is 10.6 Å². The van der Waals surface area contributed by atoms with Crippen LogP contribution in [0.5, 0.6) is 0 Å². The number of hydrogen-bond acceptors (Lipinski definition) is 5. The van der Waals surface area contributed by atoms with Gasteiger partial charge in [0, 0.05) is 5.69 Å². The Labute approximate surface area is 169 Å². The van der Waals surface area contributed by atoms with E-state index in [2.05, 4.69) is 10.6 Å². The van der Waals surface area contributed by atoms with Crippen LogP contribution in [0.2, 0.25) is 0 Å². The van der Waals surface area contributed by atoms with Crippen molar-refractivity contribution in [3.8, 4) is 0 Å². The Kier molecular flexibility index (Phi) is 5.83. The molecular weight excluding hydrogens is 392 g/mol. The molecule has 0 bridgehead atoms. The monoisotopic (exact) mass is 414 g/mol. The number of benzene rings is 2. The van der Waals surface area contributed by atoms with Crippen LogP contribution in [-0.2, 0) is 24.2 Å². The third kappa shape index (κ3) is 4.37. The molecule has 2 atom stereocenters. The van der Waals surface area contributed by atoms with Crippen LogP contribution >= 0.6 is 0 Å². The Balaban J connectivity index is 1.72. The van der Waals surface area contributed by atoms with Gasteiger partial charge in [-0.2, -0.15) is 0 Å². The third-order valence-corrected chi connectivity index (χ3v) is 6.45. The van der Waals surface area contributed by atoms with Gasteiger partial charge in [-0.05, 0) is 48.7 Å². The molecule has 3 rings (SSSR count). The van der Waals surface area contributed by atoms with Crippen molar-refractivity contribution in [3.05, 3.63) is 54.6 Å². The molecule has 29 heavy (non-hydrogen) atoms. The standard InChI is InChI=1S/C21H22N2O5S/c1-13(2)12-17-19(24)18(21(26)23-17)20(25)22-14-8-10-16(11-9-14)29(27,28)15-6-4-3-5-7-15/h3-11,13,17-18H,12H2,1-2H3,(H,22,25)(H,23,26). The van der Waals surface area contributed by atoms with Crippen LogP contribution < -0.4 is 10.6 Å². The van der Waals surface area contributed by atoms with E-state index in [9.17, 15) is 22.8 Å². The van der Waals surface area contributed by atoms with E-state index in [1.165, 1.54) is 36.4 Å². The maximum Gasteiger partial charge on any atom is 0.244 e. The first kappa shape index (κ1) is 20.7. The summed E-state index contributed by atoms with van der Waals surface area (Å²) in [5.74, 6) is -2.97. The van der Waals surface area contributed by atoms with Gasteiger partial charge >= 0.3 is 0 Å². The number of carbonyl (C=O) groups excluding carboxylic acids is 3. The van der Waals surface area contributed by atoms with E-state index in [0.717, 1.165) is 0 Å². The van der Waals surface area contributed by atoms with Crippen LogP contribution in [0, 0.1) is 11.8 Å². The predicted octanol–water partition coefficient (Wildman–Crippen LogP) is 2.19. The van der Waals surface area contributed by atoms with E-state index in [-0.39, 0.29) is 15.7 Å². The van der Waals surface area contributed by atoms with Gasteiger partial charge in [-0.1, -0.05) is 32.0 Å². The smallest absolute Gasteiger partial charge is 0.244 e. The lowest BCUT2D eigenvalue weighted by Crippen LogP contribution is -2.33. The normalized spacial score (nSPS) is 19.3. The second-order valence-electron chi connectivity index (χ2n) is 7.36. The first-order valence-corrected chi connectivity index (χ1v) is 10.7. The van der Waals surface area contributed by atoms with Crippen LogP contribution in [0.4, 0.5) is 5.69 Å². The number of sulfone groups is 1. The zero-order valence-electron chi connectivity index (χ0n) is 16.1. The number of Topliss-reactive ketones (excluding diaryl/α,β-unsaturated/α-hetero) is 1. The fraction of sp³-hybridized carbons (Fsp3) is 0.286.